The number of anilines is 1. The summed E-state index contributed by atoms with van der Waals surface area (Å²) in [7, 11) is 0. The highest BCUT2D eigenvalue weighted by Crippen LogP contribution is 2.33. The number of nitrogens with two attached hydrogens (primary N) is 1. The zero-order valence-corrected chi connectivity index (χ0v) is 10.7. The van der Waals surface area contributed by atoms with Gasteiger partial charge in [-0.1, -0.05) is 12.1 Å². The predicted molar refractivity (Wildman–Crippen MR) is 70.3 cm³/mol. The van der Waals surface area contributed by atoms with E-state index in [9.17, 15) is 13.2 Å². The van der Waals surface area contributed by atoms with E-state index in [1.807, 2.05) is 6.92 Å². The number of ether oxygens (including phenoxy) is 1. The molecule has 2 N–H and O–H groups in total. The summed E-state index contributed by atoms with van der Waals surface area (Å²) in [5.41, 5.74) is 5.32. The van der Waals surface area contributed by atoms with Crippen molar-refractivity contribution >= 4 is 5.82 Å². The Bertz CT molecular complexity index is 612. The van der Waals surface area contributed by atoms with Crippen molar-refractivity contribution in [2.24, 2.45) is 0 Å². The normalized spacial score (nSPS) is 11.4. The highest BCUT2D eigenvalue weighted by Gasteiger charge is 2.31. The lowest BCUT2D eigenvalue weighted by Crippen LogP contribution is -2.07. The smallest absolute Gasteiger partial charge is 0.416 e. The first-order valence-electron chi connectivity index (χ1n) is 5.98. The second-order valence-corrected chi connectivity index (χ2v) is 4.12. The number of pyridine rings is 1. The molecular formula is C14H13F3N2O. The number of hydrogen-bond acceptors (Lipinski definition) is 3. The summed E-state index contributed by atoms with van der Waals surface area (Å²) in [6, 6.07) is 8.50. The lowest BCUT2D eigenvalue weighted by Gasteiger charge is -2.10. The van der Waals surface area contributed by atoms with Crippen LogP contribution >= 0.6 is 0 Å². The lowest BCUT2D eigenvalue weighted by molar-refractivity contribution is -0.137. The summed E-state index contributed by atoms with van der Waals surface area (Å²) in [6.07, 6.45) is -4.46. The Labute approximate surface area is 114 Å². The van der Waals surface area contributed by atoms with Gasteiger partial charge in [0.2, 0.25) is 0 Å². The number of benzene rings is 1. The van der Waals surface area contributed by atoms with E-state index in [1.54, 1.807) is 24.3 Å². The Kier molecular flexibility index (Phi) is 3.83. The van der Waals surface area contributed by atoms with Gasteiger partial charge in [0.05, 0.1) is 17.9 Å². The number of hydrogen-bond donors (Lipinski definition) is 1. The number of aromatic nitrogens is 1. The van der Waals surface area contributed by atoms with Crippen molar-refractivity contribution in [3.8, 4) is 17.0 Å². The fourth-order valence-corrected chi connectivity index (χ4v) is 1.78. The molecule has 6 heteroatoms. The van der Waals surface area contributed by atoms with Crippen LogP contribution < -0.4 is 10.5 Å². The topological polar surface area (TPSA) is 48.1 Å². The largest absolute Gasteiger partial charge is 0.494 e. The summed E-state index contributed by atoms with van der Waals surface area (Å²) in [5, 5.41) is 0. The summed E-state index contributed by atoms with van der Waals surface area (Å²) in [6.45, 7) is 2.30. The van der Waals surface area contributed by atoms with Crippen LogP contribution in [0.2, 0.25) is 0 Å². The standard InChI is InChI=1S/C14H13F3N2O/c1-2-20-11-5-3-4-9(6-11)12-7-10(14(15,16)17)8-13(18)19-12/h3-8H,2H2,1H3,(H2,18,19). The average molecular weight is 282 g/mol. The number of nitrogens with zero attached hydrogens (tertiary/aromatic N) is 1. The zero-order chi connectivity index (χ0) is 14.8. The molecule has 0 aliphatic rings. The minimum atomic E-state index is -4.46. The van der Waals surface area contributed by atoms with Crippen molar-refractivity contribution in [3.63, 3.8) is 0 Å². The maximum absolute atomic E-state index is 12.8. The molecule has 0 unspecified atom stereocenters. The molecule has 1 aromatic heterocycles. The van der Waals surface area contributed by atoms with Crippen molar-refractivity contribution in [1.29, 1.82) is 0 Å². The Morgan fingerprint density at radius 3 is 2.60 bits per heavy atom. The monoisotopic (exact) mass is 282 g/mol. The third-order valence-corrected chi connectivity index (χ3v) is 2.61. The summed E-state index contributed by atoms with van der Waals surface area (Å²) in [4.78, 5) is 3.94. The van der Waals surface area contributed by atoms with E-state index in [0.717, 1.165) is 12.1 Å². The molecule has 0 fully saturated rings. The van der Waals surface area contributed by atoms with Crippen LogP contribution in [0, 0.1) is 0 Å². The van der Waals surface area contributed by atoms with E-state index in [4.69, 9.17) is 10.5 Å². The first-order valence-corrected chi connectivity index (χ1v) is 5.98. The van der Waals surface area contributed by atoms with Gasteiger partial charge in [0.15, 0.2) is 0 Å². The third-order valence-electron chi connectivity index (χ3n) is 2.61. The first-order chi connectivity index (χ1) is 9.40. The van der Waals surface area contributed by atoms with Crippen molar-refractivity contribution < 1.29 is 17.9 Å². The molecule has 0 amide bonds. The molecule has 0 atom stereocenters. The SMILES string of the molecule is CCOc1cccc(-c2cc(C(F)(F)F)cc(N)n2)c1. The molecule has 0 aliphatic heterocycles. The van der Waals surface area contributed by atoms with Gasteiger partial charge < -0.3 is 10.5 Å². The minimum Gasteiger partial charge on any atom is -0.494 e. The Balaban J connectivity index is 2.47. The number of halogens is 3. The van der Waals surface area contributed by atoms with Crippen molar-refractivity contribution in [2.75, 3.05) is 12.3 Å². The number of alkyl halides is 3. The number of rotatable bonds is 3. The molecule has 0 radical (unpaired) electrons. The van der Waals surface area contributed by atoms with Crippen molar-refractivity contribution in [2.45, 2.75) is 13.1 Å². The van der Waals surface area contributed by atoms with Gasteiger partial charge >= 0.3 is 6.18 Å². The molecule has 1 aromatic carbocycles. The summed E-state index contributed by atoms with van der Waals surface area (Å²) < 4.78 is 43.6. The molecule has 2 rings (SSSR count). The van der Waals surface area contributed by atoms with Crippen LogP contribution in [-0.2, 0) is 6.18 Å². The van der Waals surface area contributed by atoms with E-state index < -0.39 is 11.7 Å². The van der Waals surface area contributed by atoms with Crippen molar-refractivity contribution in [1.82, 2.24) is 4.98 Å². The van der Waals surface area contributed by atoms with Crippen LogP contribution in [0.4, 0.5) is 19.0 Å². The molecule has 0 saturated heterocycles. The van der Waals surface area contributed by atoms with Crippen LogP contribution in [-0.4, -0.2) is 11.6 Å². The maximum atomic E-state index is 12.8. The van der Waals surface area contributed by atoms with Gasteiger partial charge in [-0.05, 0) is 31.2 Å². The minimum absolute atomic E-state index is 0.166. The molecule has 0 aliphatic carbocycles. The Hall–Kier alpha value is -2.24. The average Bonchev–Trinajstić information content (AvgIpc) is 2.38. The van der Waals surface area contributed by atoms with Crippen LogP contribution in [0.25, 0.3) is 11.3 Å². The molecule has 2 aromatic rings. The maximum Gasteiger partial charge on any atom is 0.416 e. The lowest BCUT2D eigenvalue weighted by atomic mass is 10.1. The van der Waals surface area contributed by atoms with Crippen LogP contribution in [0.5, 0.6) is 5.75 Å². The van der Waals surface area contributed by atoms with Gasteiger partial charge in [-0.25, -0.2) is 4.98 Å². The van der Waals surface area contributed by atoms with E-state index in [1.165, 1.54) is 0 Å². The van der Waals surface area contributed by atoms with Gasteiger partial charge in [-0.2, -0.15) is 13.2 Å². The molecule has 106 valence electrons. The molecule has 20 heavy (non-hydrogen) atoms. The van der Waals surface area contributed by atoms with Gasteiger partial charge in [0.1, 0.15) is 11.6 Å². The van der Waals surface area contributed by atoms with Crippen LogP contribution in [0.3, 0.4) is 0 Å². The Morgan fingerprint density at radius 1 is 1.20 bits per heavy atom. The molecule has 3 nitrogen and oxygen atoms in total. The fourth-order valence-electron chi connectivity index (χ4n) is 1.78. The Morgan fingerprint density at radius 2 is 1.95 bits per heavy atom. The second kappa shape index (κ2) is 5.40. The highest BCUT2D eigenvalue weighted by atomic mass is 19.4. The number of nitrogen functional groups attached to an aromatic ring is 1. The van der Waals surface area contributed by atoms with E-state index in [0.29, 0.717) is 17.9 Å². The van der Waals surface area contributed by atoms with Crippen molar-refractivity contribution in [3.05, 3.63) is 42.0 Å². The zero-order valence-electron chi connectivity index (χ0n) is 10.7. The highest BCUT2D eigenvalue weighted by molar-refractivity contribution is 5.64. The second-order valence-electron chi connectivity index (χ2n) is 4.12. The molecular weight excluding hydrogens is 269 g/mol. The van der Waals surface area contributed by atoms with Gasteiger partial charge in [-0.15, -0.1) is 0 Å². The summed E-state index contributed by atoms with van der Waals surface area (Å²) in [5.74, 6) is 0.402. The van der Waals surface area contributed by atoms with E-state index in [-0.39, 0.29) is 11.5 Å². The van der Waals surface area contributed by atoms with E-state index in [2.05, 4.69) is 4.98 Å². The molecule has 0 saturated carbocycles. The fraction of sp³-hybridized carbons (Fsp3) is 0.214. The molecule has 0 bridgehead atoms. The quantitative estimate of drug-likeness (QED) is 0.932. The van der Waals surface area contributed by atoms with E-state index >= 15 is 0 Å². The van der Waals surface area contributed by atoms with Crippen LogP contribution in [0.15, 0.2) is 36.4 Å². The van der Waals surface area contributed by atoms with Gasteiger partial charge in [-0.3, -0.25) is 0 Å². The molecule has 1 heterocycles. The van der Waals surface area contributed by atoms with Gasteiger partial charge in [0, 0.05) is 5.56 Å². The summed E-state index contributed by atoms with van der Waals surface area (Å²) >= 11 is 0. The van der Waals surface area contributed by atoms with Gasteiger partial charge in [0.25, 0.3) is 0 Å². The third kappa shape index (κ3) is 3.20. The first kappa shape index (κ1) is 14.2. The van der Waals surface area contributed by atoms with Crippen LogP contribution in [0.1, 0.15) is 12.5 Å². The molecule has 0 spiro atoms. The predicted octanol–water partition coefficient (Wildman–Crippen LogP) is 3.75.